The van der Waals surface area contributed by atoms with Crippen LogP contribution < -0.4 is 14.2 Å². The Bertz CT molecular complexity index is 1110. The van der Waals surface area contributed by atoms with Crippen LogP contribution >= 0.6 is 12.4 Å². The van der Waals surface area contributed by atoms with Crippen molar-refractivity contribution in [3.8, 4) is 23.3 Å². The van der Waals surface area contributed by atoms with Crippen molar-refractivity contribution < 1.29 is 14.2 Å². The van der Waals surface area contributed by atoms with Crippen molar-refractivity contribution in [3.63, 3.8) is 0 Å². The summed E-state index contributed by atoms with van der Waals surface area (Å²) >= 11 is 0. The number of nitriles is 1. The largest absolute Gasteiger partial charge is 0.493 e. The molecule has 0 heterocycles. The second-order valence-corrected chi connectivity index (χ2v) is 10.5. The molecular weight excluding hydrogens is 502 g/mol. The van der Waals surface area contributed by atoms with Gasteiger partial charge in [-0.25, -0.2) is 0 Å². The first-order valence-electron chi connectivity index (χ1n) is 12.7. The molecule has 2 aromatic rings. The maximum atomic E-state index is 10.5. The third-order valence-corrected chi connectivity index (χ3v) is 7.05. The third-order valence-electron chi connectivity index (χ3n) is 7.05. The van der Waals surface area contributed by atoms with Gasteiger partial charge in [-0.2, -0.15) is 5.26 Å². The number of rotatable bonds is 13. The summed E-state index contributed by atoms with van der Waals surface area (Å²) in [6.07, 6.45) is 2.38. The Morgan fingerprint density at radius 1 is 1.03 bits per heavy atom. The second-order valence-electron chi connectivity index (χ2n) is 10.5. The molecule has 38 heavy (non-hydrogen) atoms. The minimum Gasteiger partial charge on any atom is -0.493 e. The van der Waals surface area contributed by atoms with E-state index in [9.17, 15) is 5.26 Å². The summed E-state index contributed by atoms with van der Waals surface area (Å²) in [6.45, 7) is 12.5. The normalized spacial score (nSPS) is 12.7. The number of hydrogen-bond donors (Lipinski definition) is 0. The molecule has 208 valence electrons. The maximum absolute atomic E-state index is 10.5. The van der Waals surface area contributed by atoms with Crippen LogP contribution in [0.3, 0.4) is 0 Å². The van der Waals surface area contributed by atoms with Crippen molar-refractivity contribution in [1.82, 2.24) is 4.90 Å². The molecular formula is C29H42ClN5O3. The van der Waals surface area contributed by atoms with Crippen molar-refractivity contribution in [2.45, 2.75) is 64.8 Å². The third kappa shape index (κ3) is 7.94. The van der Waals surface area contributed by atoms with Gasteiger partial charge in [0.05, 0.1) is 32.8 Å². The van der Waals surface area contributed by atoms with Gasteiger partial charge < -0.3 is 14.2 Å². The number of methoxy groups -OCH3 is 3. The quantitative estimate of drug-likeness (QED) is 0.147. The highest BCUT2D eigenvalue weighted by molar-refractivity contribution is 5.85. The number of benzene rings is 2. The highest BCUT2D eigenvalue weighted by atomic mass is 35.5. The first-order valence-corrected chi connectivity index (χ1v) is 12.7. The highest BCUT2D eigenvalue weighted by Gasteiger charge is 2.37. The molecule has 0 aliphatic rings. The Morgan fingerprint density at radius 2 is 1.66 bits per heavy atom. The van der Waals surface area contributed by atoms with E-state index in [2.05, 4.69) is 61.7 Å². The fraction of sp³-hybridized carbons (Fsp3) is 0.552. The minimum atomic E-state index is -0.708. The Hall–Kier alpha value is -3.11. The summed E-state index contributed by atoms with van der Waals surface area (Å²) in [5.74, 6) is 1.70. The van der Waals surface area contributed by atoms with Crippen LogP contribution in [0.15, 0.2) is 41.5 Å². The lowest BCUT2D eigenvalue weighted by atomic mass is 9.69. The van der Waals surface area contributed by atoms with E-state index < -0.39 is 5.41 Å². The number of ether oxygens (including phenoxy) is 3. The van der Waals surface area contributed by atoms with Gasteiger partial charge in [0.1, 0.15) is 0 Å². The molecule has 0 amide bonds. The lowest BCUT2D eigenvalue weighted by Gasteiger charge is -2.38. The summed E-state index contributed by atoms with van der Waals surface area (Å²) in [5.41, 5.74) is 10.6. The topological polar surface area (TPSA) is 103 Å². The van der Waals surface area contributed by atoms with Crippen molar-refractivity contribution in [1.29, 1.82) is 5.26 Å². The number of azide groups is 1. The van der Waals surface area contributed by atoms with Gasteiger partial charge in [-0.05, 0) is 87.4 Å². The van der Waals surface area contributed by atoms with Crippen molar-refractivity contribution in [3.05, 3.63) is 58.0 Å². The van der Waals surface area contributed by atoms with Gasteiger partial charge in [-0.3, -0.25) is 4.90 Å². The highest BCUT2D eigenvalue weighted by Crippen LogP contribution is 2.45. The van der Waals surface area contributed by atoms with Gasteiger partial charge >= 0.3 is 0 Å². The van der Waals surface area contributed by atoms with Crippen molar-refractivity contribution >= 4 is 18.1 Å². The predicted molar refractivity (Wildman–Crippen MR) is 155 cm³/mol. The van der Waals surface area contributed by atoms with Crippen LogP contribution in [0.2, 0.25) is 0 Å². The molecule has 0 spiro atoms. The van der Waals surface area contributed by atoms with Crippen LogP contribution in [0.25, 0.3) is 10.4 Å². The molecule has 0 saturated carbocycles. The summed E-state index contributed by atoms with van der Waals surface area (Å²) in [6, 6.07) is 14.2. The second kappa shape index (κ2) is 14.7. The zero-order valence-electron chi connectivity index (χ0n) is 23.9. The van der Waals surface area contributed by atoms with E-state index in [1.165, 1.54) is 0 Å². The summed E-state index contributed by atoms with van der Waals surface area (Å²) < 4.78 is 16.6. The zero-order chi connectivity index (χ0) is 27.6. The van der Waals surface area contributed by atoms with E-state index in [-0.39, 0.29) is 23.9 Å². The molecule has 1 unspecified atom stereocenters. The van der Waals surface area contributed by atoms with E-state index >= 15 is 0 Å². The van der Waals surface area contributed by atoms with E-state index in [1.807, 2.05) is 24.3 Å². The molecule has 0 saturated heterocycles. The lowest BCUT2D eigenvalue weighted by molar-refractivity contribution is 0.131. The maximum Gasteiger partial charge on any atom is 0.203 e. The Labute approximate surface area is 233 Å². The van der Waals surface area contributed by atoms with Gasteiger partial charge in [0.15, 0.2) is 11.5 Å². The summed E-state index contributed by atoms with van der Waals surface area (Å²) in [4.78, 5) is 5.34. The standard InChI is InChI=1S/C29H41N5O3.ClH/c1-21(2)29(20-30,23-18-25(35-6)27(37-8)26(19-23)36-7)14-10-15-34(28(3,4)5)16-13-22-11-9-12-24(17-22)32-33-31;/h9,11-12,17-19,21H,10,13-16H2,1-8H3;1H. The van der Waals surface area contributed by atoms with Crippen LogP contribution in [-0.2, 0) is 11.8 Å². The average molecular weight is 544 g/mol. The van der Waals surface area contributed by atoms with Crippen LogP contribution in [0.5, 0.6) is 17.2 Å². The Morgan fingerprint density at radius 3 is 2.13 bits per heavy atom. The molecule has 0 aliphatic heterocycles. The molecule has 0 fully saturated rings. The molecule has 2 rings (SSSR count). The summed E-state index contributed by atoms with van der Waals surface area (Å²) in [7, 11) is 4.76. The Kier molecular flexibility index (Phi) is 12.8. The van der Waals surface area contributed by atoms with Gasteiger partial charge in [0, 0.05) is 22.7 Å². The van der Waals surface area contributed by atoms with Crippen molar-refractivity contribution in [2.24, 2.45) is 11.0 Å². The smallest absolute Gasteiger partial charge is 0.203 e. The van der Waals surface area contributed by atoms with E-state index in [0.29, 0.717) is 29.4 Å². The van der Waals surface area contributed by atoms with Crippen molar-refractivity contribution in [2.75, 3.05) is 34.4 Å². The molecule has 2 aromatic carbocycles. The molecule has 0 N–H and O–H groups in total. The van der Waals surface area contributed by atoms with E-state index in [0.717, 1.165) is 37.1 Å². The van der Waals surface area contributed by atoms with E-state index in [4.69, 9.17) is 19.7 Å². The SMILES string of the molecule is COc1cc(C(C#N)(CCCN(CCc2cccc(N=[N+]=[N-])c2)C(C)(C)C)C(C)C)cc(OC)c1OC.Cl. The monoisotopic (exact) mass is 543 g/mol. The molecule has 1 atom stereocenters. The van der Waals surface area contributed by atoms with Crippen LogP contribution in [-0.4, -0.2) is 44.9 Å². The molecule has 9 heteroatoms. The van der Waals surface area contributed by atoms with Gasteiger partial charge in [0.25, 0.3) is 0 Å². The van der Waals surface area contributed by atoms with Crippen LogP contribution in [0.1, 0.15) is 58.6 Å². The minimum absolute atomic E-state index is 0. The van der Waals surface area contributed by atoms with Crippen LogP contribution in [0.4, 0.5) is 5.69 Å². The molecule has 0 radical (unpaired) electrons. The summed E-state index contributed by atoms with van der Waals surface area (Å²) in [5, 5.41) is 14.2. The zero-order valence-corrected chi connectivity index (χ0v) is 24.8. The first-order chi connectivity index (χ1) is 17.6. The molecule has 0 aromatic heterocycles. The molecule has 8 nitrogen and oxygen atoms in total. The Balaban J connectivity index is 0.00000722. The number of halogens is 1. The van der Waals surface area contributed by atoms with Gasteiger partial charge in [-0.1, -0.05) is 37.2 Å². The van der Waals surface area contributed by atoms with Crippen LogP contribution in [0, 0.1) is 17.2 Å². The molecule has 0 bridgehead atoms. The number of hydrogen-bond acceptors (Lipinski definition) is 6. The average Bonchev–Trinajstić information content (AvgIpc) is 2.87. The first kappa shape index (κ1) is 32.9. The van der Waals surface area contributed by atoms with E-state index in [1.54, 1.807) is 27.4 Å². The fourth-order valence-corrected chi connectivity index (χ4v) is 4.78. The lowest BCUT2D eigenvalue weighted by Crippen LogP contribution is -2.43. The molecule has 0 aliphatic carbocycles. The van der Waals surface area contributed by atoms with Gasteiger partial charge in [-0.15, -0.1) is 12.4 Å². The van der Waals surface area contributed by atoms with Gasteiger partial charge in [0.2, 0.25) is 5.75 Å². The fourth-order valence-electron chi connectivity index (χ4n) is 4.78. The predicted octanol–water partition coefficient (Wildman–Crippen LogP) is 7.62. The number of nitrogens with zero attached hydrogens (tertiary/aromatic N) is 5.